The number of carbonyl (C=O) groups is 2. The van der Waals surface area contributed by atoms with E-state index in [0.29, 0.717) is 29.6 Å². The lowest BCUT2D eigenvalue weighted by Gasteiger charge is -2.59. The summed E-state index contributed by atoms with van der Waals surface area (Å²) < 4.78 is 10.5. The molecule has 3 fully saturated rings. The zero-order chi connectivity index (χ0) is 22.3. The van der Waals surface area contributed by atoms with E-state index in [1.165, 1.54) is 45.6 Å². The van der Waals surface area contributed by atoms with Crippen molar-refractivity contribution in [1.82, 2.24) is 0 Å². The zero-order valence-corrected chi connectivity index (χ0v) is 20.2. The molecule has 4 aliphatic carbocycles. The predicted octanol–water partition coefficient (Wildman–Crippen LogP) is 6.09. The minimum atomic E-state index is -0.122. The molecular formula is C27H42O4. The Kier molecular flexibility index (Phi) is 6.57. The molecule has 0 aliphatic heterocycles. The van der Waals surface area contributed by atoms with Gasteiger partial charge in [-0.3, -0.25) is 9.59 Å². The Morgan fingerprint density at radius 1 is 1.16 bits per heavy atom. The summed E-state index contributed by atoms with van der Waals surface area (Å²) in [4.78, 5) is 23.1. The van der Waals surface area contributed by atoms with E-state index in [-0.39, 0.29) is 18.0 Å². The van der Waals surface area contributed by atoms with Crippen LogP contribution in [0.15, 0.2) is 11.1 Å². The first-order valence-electron chi connectivity index (χ1n) is 12.7. The molecule has 4 heteroatoms. The van der Waals surface area contributed by atoms with Gasteiger partial charge in [0.1, 0.15) is 6.10 Å². The van der Waals surface area contributed by atoms with Crippen molar-refractivity contribution in [1.29, 1.82) is 0 Å². The van der Waals surface area contributed by atoms with Crippen molar-refractivity contribution in [2.45, 2.75) is 98.0 Å². The minimum Gasteiger partial charge on any atom is -0.469 e. The molecule has 4 aliphatic rings. The Morgan fingerprint density at radius 3 is 2.65 bits per heavy atom. The molecule has 8 atom stereocenters. The molecule has 0 spiro atoms. The number of carbonyl (C=O) groups excluding carboxylic acids is 2. The molecule has 0 heterocycles. The van der Waals surface area contributed by atoms with Gasteiger partial charge in [0.2, 0.25) is 0 Å². The van der Waals surface area contributed by atoms with Crippen molar-refractivity contribution >= 4 is 11.9 Å². The Bertz CT molecular complexity index is 740. The molecule has 3 saturated carbocycles. The highest BCUT2D eigenvalue weighted by molar-refractivity contribution is 5.69. The third-order valence-electron chi connectivity index (χ3n) is 9.78. The molecule has 1 unspecified atom stereocenters. The average molecular weight is 431 g/mol. The molecule has 0 saturated heterocycles. The topological polar surface area (TPSA) is 52.6 Å². The van der Waals surface area contributed by atoms with Gasteiger partial charge in [-0.1, -0.05) is 31.9 Å². The summed E-state index contributed by atoms with van der Waals surface area (Å²) >= 11 is 0. The van der Waals surface area contributed by atoms with Gasteiger partial charge >= 0.3 is 11.9 Å². The van der Waals surface area contributed by atoms with Gasteiger partial charge in [-0.2, -0.15) is 0 Å². The molecule has 0 aromatic rings. The average Bonchev–Trinajstić information content (AvgIpc) is 3.18. The van der Waals surface area contributed by atoms with Crippen molar-refractivity contribution in [2.75, 3.05) is 7.11 Å². The third kappa shape index (κ3) is 4.20. The van der Waals surface area contributed by atoms with Crippen molar-refractivity contribution < 1.29 is 19.1 Å². The number of ether oxygens (including phenoxy) is 2. The van der Waals surface area contributed by atoms with Gasteiger partial charge in [0, 0.05) is 13.3 Å². The Balaban J connectivity index is 1.50. The Hall–Kier alpha value is -1.32. The Morgan fingerprint density at radius 2 is 1.94 bits per heavy atom. The molecule has 0 aromatic heterocycles. The predicted molar refractivity (Wildman–Crippen MR) is 121 cm³/mol. The van der Waals surface area contributed by atoms with Crippen LogP contribution in [0.25, 0.3) is 0 Å². The van der Waals surface area contributed by atoms with E-state index in [4.69, 9.17) is 9.47 Å². The maximum atomic E-state index is 11.7. The van der Waals surface area contributed by atoms with E-state index in [1.54, 1.807) is 18.1 Å². The summed E-state index contributed by atoms with van der Waals surface area (Å²) in [7, 11) is 1.49. The van der Waals surface area contributed by atoms with E-state index < -0.39 is 0 Å². The molecular weight excluding hydrogens is 388 g/mol. The summed E-state index contributed by atoms with van der Waals surface area (Å²) in [5.74, 6) is 4.02. The fraction of sp³-hybridized carbons (Fsp3) is 0.852. The molecule has 4 rings (SSSR count). The number of hydrogen-bond acceptors (Lipinski definition) is 4. The van der Waals surface area contributed by atoms with E-state index in [0.717, 1.165) is 37.0 Å². The van der Waals surface area contributed by atoms with Crippen LogP contribution in [0.1, 0.15) is 91.9 Å². The number of hydrogen-bond donors (Lipinski definition) is 0. The minimum absolute atomic E-state index is 0.0839. The Labute approximate surface area is 188 Å². The van der Waals surface area contributed by atoms with Crippen LogP contribution in [0.3, 0.4) is 0 Å². The van der Waals surface area contributed by atoms with E-state index in [9.17, 15) is 9.59 Å². The second-order valence-corrected chi connectivity index (χ2v) is 11.3. The lowest BCUT2D eigenvalue weighted by Crippen LogP contribution is -2.52. The van der Waals surface area contributed by atoms with Gasteiger partial charge in [0.05, 0.1) is 7.11 Å². The molecule has 0 amide bonds. The second-order valence-electron chi connectivity index (χ2n) is 11.3. The van der Waals surface area contributed by atoms with E-state index >= 15 is 0 Å². The van der Waals surface area contributed by atoms with Crippen molar-refractivity contribution in [2.24, 2.45) is 40.9 Å². The maximum Gasteiger partial charge on any atom is 0.305 e. The van der Waals surface area contributed by atoms with Gasteiger partial charge in [0.15, 0.2) is 0 Å². The quantitative estimate of drug-likeness (QED) is 0.391. The molecule has 0 aromatic carbocycles. The number of methoxy groups -OCH3 is 1. The van der Waals surface area contributed by atoms with Crippen molar-refractivity contribution in [3.05, 3.63) is 11.1 Å². The lowest BCUT2D eigenvalue weighted by atomic mass is 9.46. The van der Waals surface area contributed by atoms with Gasteiger partial charge in [-0.25, -0.2) is 0 Å². The first-order chi connectivity index (χ1) is 14.7. The van der Waals surface area contributed by atoms with Crippen LogP contribution in [-0.2, 0) is 19.1 Å². The molecule has 31 heavy (non-hydrogen) atoms. The van der Waals surface area contributed by atoms with Crippen LogP contribution in [0.2, 0.25) is 0 Å². The van der Waals surface area contributed by atoms with Crippen molar-refractivity contribution in [3.63, 3.8) is 0 Å². The summed E-state index contributed by atoms with van der Waals surface area (Å²) in [5.41, 5.74) is 3.85. The summed E-state index contributed by atoms with van der Waals surface area (Å²) in [6.07, 6.45) is 11.4. The van der Waals surface area contributed by atoms with Crippen LogP contribution in [0, 0.1) is 40.9 Å². The molecule has 0 bridgehead atoms. The van der Waals surface area contributed by atoms with Crippen LogP contribution >= 0.6 is 0 Å². The van der Waals surface area contributed by atoms with Crippen molar-refractivity contribution in [3.8, 4) is 0 Å². The van der Waals surface area contributed by atoms with Crippen LogP contribution in [0.5, 0.6) is 0 Å². The largest absolute Gasteiger partial charge is 0.469 e. The number of allylic oxidation sites excluding steroid dienone is 2. The summed E-state index contributed by atoms with van der Waals surface area (Å²) in [6, 6.07) is 0. The van der Waals surface area contributed by atoms with E-state index in [2.05, 4.69) is 20.8 Å². The maximum absolute atomic E-state index is 11.7. The molecule has 174 valence electrons. The molecule has 0 radical (unpaired) electrons. The van der Waals surface area contributed by atoms with E-state index in [1.807, 2.05) is 0 Å². The highest BCUT2D eigenvalue weighted by Crippen LogP contribution is 2.64. The van der Waals surface area contributed by atoms with Gasteiger partial charge in [-0.15, -0.1) is 0 Å². The third-order valence-corrected chi connectivity index (χ3v) is 9.78. The van der Waals surface area contributed by atoms with Gasteiger partial charge in [-0.05, 0) is 98.7 Å². The number of fused-ring (bicyclic) bond motifs is 5. The summed E-state index contributed by atoms with van der Waals surface area (Å²) in [5, 5.41) is 0. The smallest absolute Gasteiger partial charge is 0.305 e. The standard InChI is InChI=1S/C27H42O4/c1-16(6-11-25(29)30-5)21-9-10-23-22-8-7-19-15-20(31-18(3)28)12-13-27(19,4)24(22)14-17(2)26(21)23/h16-17,19-20,22-24H,6-15H2,1-5H3/t16?,17-,19-,20-,22+,23+,24+,27+/m0/s1. The monoisotopic (exact) mass is 430 g/mol. The number of rotatable bonds is 5. The first-order valence-corrected chi connectivity index (χ1v) is 12.7. The highest BCUT2D eigenvalue weighted by atomic mass is 16.5. The summed E-state index contributed by atoms with van der Waals surface area (Å²) in [6.45, 7) is 8.90. The lowest BCUT2D eigenvalue weighted by molar-refractivity contribution is -0.156. The van der Waals surface area contributed by atoms with Gasteiger partial charge < -0.3 is 9.47 Å². The first kappa shape index (κ1) is 22.9. The molecule has 4 nitrogen and oxygen atoms in total. The van der Waals surface area contributed by atoms with Crippen LogP contribution in [0.4, 0.5) is 0 Å². The fourth-order valence-corrected chi connectivity index (χ4v) is 8.29. The molecule has 0 N–H and O–H groups in total. The fourth-order valence-electron chi connectivity index (χ4n) is 8.29. The second kappa shape index (κ2) is 8.90. The van der Waals surface area contributed by atoms with Crippen LogP contribution in [-0.4, -0.2) is 25.2 Å². The highest BCUT2D eigenvalue weighted by Gasteiger charge is 2.56. The SMILES string of the molecule is COC(=O)CCC(C)C1=C2[C@@H](C)C[C@@H]3[C@H](CC[C@H]4C[C@@H](OC(C)=O)CC[C@]43C)[C@H]2CC1. The normalized spacial score (nSPS) is 40.4. The van der Waals surface area contributed by atoms with Crippen LogP contribution < -0.4 is 0 Å². The number of esters is 2. The zero-order valence-electron chi connectivity index (χ0n) is 20.2. The van der Waals surface area contributed by atoms with Gasteiger partial charge in [0.25, 0.3) is 0 Å².